The van der Waals surface area contributed by atoms with Gasteiger partial charge in [0.1, 0.15) is 0 Å². The number of nitrogens with one attached hydrogen (secondary N) is 1. The van der Waals surface area contributed by atoms with Crippen molar-refractivity contribution in [3.63, 3.8) is 0 Å². The van der Waals surface area contributed by atoms with Crippen LogP contribution in [-0.2, 0) is 0 Å². The number of pyridine rings is 1. The maximum Gasteiger partial charge on any atom is 0.337 e. The molecule has 1 atom stereocenters. The van der Waals surface area contributed by atoms with Crippen LogP contribution in [0.4, 0.5) is 5.69 Å². The molecule has 1 aromatic heterocycles. The Labute approximate surface area is 113 Å². The molecule has 1 aliphatic heterocycles. The van der Waals surface area contributed by atoms with Gasteiger partial charge in [-0.05, 0) is 37.9 Å². The van der Waals surface area contributed by atoms with E-state index in [1.807, 2.05) is 0 Å². The van der Waals surface area contributed by atoms with E-state index in [1.165, 1.54) is 38.2 Å². The summed E-state index contributed by atoms with van der Waals surface area (Å²) >= 11 is 0. The van der Waals surface area contributed by atoms with Gasteiger partial charge in [-0.15, -0.1) is 0 Å². The van der Waals surface area contributed by atoms with E-state index in [2.05, 4.69) is 22.1 Å². The molecule has 2 N–H and O–H groups in total. The predicted molar refractivity (Wildman–Crippen MR) is 74.5 cm³/mol. The first-order valence-corrected chi connectivity index (χ1v) is 6.80. The highest BCUT2D eigenvalue weighted by Gasteiger charge is 2.15. The number of hydrogen-bond acceptors (Lipinski definition) is 4. The predicted octanol–water partition coefficient (Wildman–Crippen LogP) is 1.92. The second-order valence-corrected chi connectivity index (χ2v) is 5.22. The summed E-state index contributed by atoms with van der Waals surface area (Å²) < 4.78 is 0. The van der Waals surface area contributed by atoms with E-state index in [9.17, 15) is 4.79 Å². The average Bonchev–Trinajstić information content (AvgIpc) is 2.89. The number of nitrogens with zero attached hydrogens (tertiary/aromatic N) is 2. The molecule has 19 heavy (non-hydrogen) atoms. The fourth-order valence-electron chi connectivity index (χ4n) is 2.48. The van der Waals surface area contributed by atoms with Crippen LogP contribution in [0.1, 0.15) is 30.1 Å². The molecule has 1 saturated heterocycles. The SMILES string of the molecule is CC(CNc1cnccc1C(=O)O)CN1CCCC1. The Balaban J connectivity index is 1.85. The molecule has 0 aliphatic carbocycles. The van der Waals surface area contributed by atoms with Gasteiger partial charge in [0.25, 0.3) is 0 Å². The maximum absolute atomic E-state index is 11.1. The highest BCUT2D eigenvalue weighted by atomic mass is 16.4. The zero-order chi connectivity index (χ0) is 13.7. The number of hydrogen-bond donors (Lipinski definition) is 2. The Bertz CT molecular complexity index is 430. The molecular formula is C14H21N3O2. The lowest BCUT2D eigenvalue weighted by molar-refractivity contribution is 0.0698. The van der Waals surface area contributed by atoms with Crippen LogP contribution >= 0.6 is 0 Å². The Morgan fingerprint density at radius 3 is 2.95 bits per heavy atom. The summed E-state index contributed by atoms with van der Waals surface area (Å²) in [6.45, 7) is 6.40. The first kappa shape index (κ1) is 13.8. The number of carbonyl (C=O) groups is 1. The van der Waals surface area contributed by atoms with Crippen LogP contribution in [0.25, 0.3) is 0 Å². The van der Waals surface area contributed by atoms with Crippen molar-refractivity contribution in [2.24, 2.45) is 5.92 Å². The van der Waals surface area contributed by atoms with Crippen molar-refractivity contribution in [1.82, 2.24) is 9.88 Å². The van der Waals surface area contributed by atoms with Crippen molar-refractivity contribution in [2.75, 3.05) is 31.5 Å². The molecule has 0 saturated carbocycles. The van der Waals surface area contributed by atoms with Gasteiger partial charge in [0.15, 0.2) is 0 Å². The van der Waals surface area contributed by atoms with Crippen molar-refractivity contribution in [1.29, 1.82) is 0 Å². The summed E-state index contributed by atoms with van der Waals surface area (Å²) in [5.41, 5.74) is 0.881. The molecule has 1 fully saturated rings. The van der Waals surface area contributed by atoms with Crippen LogP contribution in [0, 0.1) is 5.92 Å². The second-order valence-electron chi connectivity index (χ2n) is 5.22. The lowest BCUT2D eigenvalue weighted by Crippen LogP contribution is -2.29. The lowest BCUT2D eigenvalue weighted by Gasteiger charge is -2.21. The maximum atomic E-state index is 11.1. The van der Waals surface area contributed by atoms with Gasteiger partial charge in [-0.1, -0.05) is 6.92 Å². The summed E-state index contributed by atoms with van der Waals surface area (Å²) in [6.07, 6.45) is 5.67. The standard InChI is InChI=1S/C14H21N3O2/c1-11(10-17-6-2-3-7-17)8-16-13-9-15-5-4-12(13)14(18)19/h4-5,9,11,16H,2-3,6-8,10H2,1H3,(H,18,19). The molecule has 0 radical (unpaired) electrons. The Kier molecular flexibility index (Phi) is 4.74. The first-order valence-electron chi connectivity index (χ1n) is 6.80. The van der Waals surface area contributed by atoms with Gasteiger partial charge in [-0.3, -0.25) is 4.98 Å². The molecule has 1 unspecified atom stereocenters. The molecular weight excluding hydrogens is 242 g/mol. The molecule has 0 amide bonds. The minimum Gasteiger partial charge on any atom is -0.478 e. The van der Waals surface area contributed by atoms with Crippen molar-refractivity contribution in [3.8, 4) is 0 Å². The van der Waals surface area contributed by atoms with E-state index in [1.54, 1.807) is 6.20 Å². The number of likely N-dealkylation sites (tertiary alicyclic amines) is 1. The van der Waals surface area contributed by atoms with Crippen LogP contribution in [0.2, 0.25) is 0 Å². The van der Waals surface area contributed by atoms with E-state index in [-0.39, 0.29) is 5.56 Å². The molecule has 1 aliphatic rings. The summed E-state index contributed by atoms with van der Waals surface area (Å²) in [4.78, 5) is 17.5. The smallest absolute Gasteiger partial charge is 0.337 e. The lowest BCUT2D eigenvalue weighted by atomic mass is 10.1. The van der Waals surface area contributed by atoms with E-state index >= 15 is 0 Å². The van der Waals surface area contributed by atoms with Crippen LogP contribution in [0.3, 0.4) is 0 Å². The van der Waals surface area contributed by atoms with Gasteiger partial charge in [-0.2, -0.15) is 0 Å². The fraction of sp³-hybridized carbons (Fsp3) is 0.571. The third-order valence-electron chi connectivity index (χ3n) is 3.46. The fourth-order valence-corrected chi connectivity index (χ4v) is 2.48. The van der Waals surface area contributed by atoms with E-state index in [0.717, 1.165) is 13.1 Å². The second kappa shape index (κ2) is 6.52. The topological polar surface area (TPSA) is 65.5 Å². The molecule has 5 nitrogen and oxygen atoms in total. The van der Waals surface area contributed by atoms with Crippen molar-refractivity contribution in [2.45, 2.75) is 19.8 Å². The summed E-state index contributed by atoms with van der Waals surface area (Å²) in [5.74, 6) is -0.433. The number of aromatic carboxylic acids is 1. The van der Waals surface area contributed by atoms with Crippen LogP contribution in [-0.4, -0.2) is 47.1 Å². The largest absolute Gasteiger partial charge is 0.478 e. The van der Waals surface area contributed by atoms with Crippen molar-refractivity contribution < 1.29 is 9.90 Å². The van der Waals surface area contributed by atoms with Crippen LogP contribution in [0.5, 0.6) is 0 Å². The van der Waals surface area contributed by atoms with Crippen LogP contribution < -0.4 is 5.32 Å². The molecule has 1 aromatic rings. The normalized spacial score (nSPS) is 17.3. The number of anilines is 1. The van der Waals surface area contributed by atoms with Gasteiger partial charge in [0, 0.05) is 19.3 Å². The zero-order valence-electron chi connectivity index (χ0n) is 11.3. The van der Waals surface area contributed by atoms with Gasteiger partial charge >= 0.3 is 5.97 Å². The summed E-state index contributed by atoms with van der Waals surface area (Å²) in [6, 6.07) is 1.52. The quantitative estimate of drug-likeness (QED) is 0.821. The molecule has 0 spiro atoms. The molecule has 5 heteroatoms. The van der Waals surface area contributed by atoms with Gasteiger partial charge < -0.3 is 15.3 Å². The Morgan fingerprint density at radius 2 is 2.26 bits per heavy atom. The number of carboxylic acid groups (broad SMARTS) is 1. The summed E-state index contributed by atoms with van der Waals surface area (Å²) in [5, 5.41) is 12.3. The average molecular weight is 263 g/mol. The Hall–Kier alpha value is -1.62. The number of aromatic nitrogens is 1. The van der Waals surface area contributed by atoms with E-state index in [0.29, 0.717) is 11.6 Å². The highest BCUT2D eigenvalue weighted by molar-refractivity contribution is 5.93. The van der Waals surface area contributed by atoms with E-state index in [4.69, 9.17) is 5.11 Å². The number of carboxylic acids is 1. The molecule has 2 heterocycles. The van der Waals surface area contributed by atoms with Crippen LogP contribution in [0.15, 0.2) is 18.5 Å². The highest BCUT2D eigenvalue weighted by Crippen LogP contribution is 2.15. The van der Waals surface area contributed by atoms with Crippen molar-refractivity contribution in [3.05, 3.63) is 24.0 Å². The monoisotopic (exact) mass is 263 g/mol. The molecule has 0 aromatic carbocycles. The third-order valence-corrected chi connectivity index (χ3v) is 3.46. The van der Waals surface area contributed by atoms with Gasteiger partial charge in [-0.25, -0.2) is 4.79 Å². The van der Waals surface area contributed by atoms with E-state index < -0.39 is 5.97 Å². The number of rotatable bonds is 6. The third kappa shape index (κ3) is 3.92. The first-order chi connectivity index (χ1) is 9.16. The summed E-state index contributed by atoms with van der Waals surface area (Å²) in [7, 11) is 0. The molecule has 104 valence electrons. The van der Waals surface area contributed by atoms with Gasteiger partial charge in [0.05, 0.1) is 17.4 Å². The Morgan fingerprint density at radius 1 is 1.53 bits per heavy atom. The molecule has 2 rings (SSSR count). The zero-order valence-corrected chi connectivity index (χ0v) is 11.3. The minimum absolute atomic E-state index is 0.281. The van der Waals surface area contributed by atoms with Crippen molar-refractivity contribution >= 4 is 11.7 Å². The molecule has 0 bridgehead atoms. The minimum atomic E-state index is -0.919. The van der Waals surface area contributed by atoms with Gasteiger partial charge in [0.2, 0.25) is 0 Å².